The van der Waals surface area contributed by atoms with Crippen molar-refractivity contribution in [3.05, 3.63) is 23.3 Å². The second-order valence-corrected chi connectivity index (χ2v) is 7.82. The molecule has 1 aromatic carbocycles. The number of nitrogens with zero attached hydrogens (tertiary/aromatic N) is 1. The van der Waals surface area contributed by atoms with Gasteiger partial charge in [-0.25, -0.2) is 8.42 Å². The first-order chi connectivity index (χ1) is 10.3. The van der Waals surface area contributed by atoms with Crippen molar-refractivity contribution in [3.63, 3.8) is 0 Å². The van der Waals surface area contributed by atoms with Gasteiger partial charge in [0.1, 0.15) is 5.25 Å². The van der Waals surface area contributed by atoms with E-state index in [1.165, 1.54) is 6.92 Å². The molecule has 0 saturated heterocycles. The van der Waals surface area contributed by atoms with Gasteiger partial charge in [0.05, 0.1) is 14.2 Å². The lowest BCUT2D eigenvalue weighted by Gasteiger charge is -2.31. The SMILES string of the molecule is COc1cc2c(cc1OC)CN(C(=O)[C@@H](C)S(C)(=O)=O)CC2. The van der Waals surface area contributed by atoms with E-state index in [0.29, 0.717) is 31.0 Å². The number of carbonyl (C=O) groups excluding carboxylic acids is 1. The van der Waals surface area contributed by atoms with Gasteiger partial charge in [0, 0.05) is 19.3 Å². The van der Waals surface area contributed by atoms with E-state index < -0.39 is 15.1 Å². The number of sulfone groups is 1. The summed E-state index contributed by atoms with van der Waals surface area (Å²) in [5.74, 6) is 0.903. The summed E-state index contributed by atoms with van der Waals surface area (Å²) in [5, 5.41) is -1.02. The van der Waals surface area contributed by atoms with Gasteiger partial charge in [0.25, 0.3) is 0 Å². The molecule has 1 aromatic rings. The average Bonchev–Trinajstić information content (AvgIpc) is 2.50. The summed E-state index contributed by atoms with van der Waals surface area (Å²) in [6.07, 6.45) is 1.75. The van der Waals surface area contributed by atoms with E-state index in [1.807, 2.05) is 12.1 Å². The molecule has 1 aliphatic rings. The van der Waals surface area contributed by atoms with Crippen LogP contribution in [0.1, 0.15) is 18.1 Å². The van der Waals surface area contributed by atoms with Crippen LogP contribution in [0.3, 0.4) is 0 Å². The number of hydrogen-bond donors (Lipinski definition) is 0. The zero-order valence-corrected chi connectivity index (χ0v) is 14.1. The molecular weight excluding hydrogens is 306 g/mol. The summed E-state index contributed by atoms with van der Waals surface area (Å²) in [5.41, 5.74) is 2.05. The molecule has 0 radical (unpaired) electrons. The summed E-state index contributed by atoms with van der Waals surface area (Å²) in [6, 6.07) is 3.76. The molecule has 0 aliphatic carbocycles. The Kier molecular flexibility index (Phi) is 4.65. The van der Waals surface area contributed by atoms with Gasteiger partial charge in [-0.2, -0.15) is 0 Å². The third kappa shape index (κ3) is 3.19. The second kappa shape index (κ2) is 6.16. The van der Waals surface area contributed by atoms with Crippen molar-refractivity contribution in [1.29, 1.82) is 0 Å². The van der Waals surface area contributed by atoms with Crippen molar-refractivity contribution in [2.75, 3.05) is 27.0 Å². The molecule has 0 spiro atoms. The van der Waals surface area contributed by atoms with Gasteiger partial charge >= 0.3 is 0 Å². The van der Waals surface area contributed by atoms with Crippen molar-refractivity contribution in [3.8, 4) is 11.5 Å². The number of carbonyl (C=O) groups is 1. The first-order valence-corrected chi connectivity index (χ1v) is 8.94. The van der Waals surface area contributed by atoms with E-state index in [2.05, 4.69) is 0 Å². The number of methoxy groups -OCH3 is 2. The molecule has 22 heavy (non-hydrogen) atoms. The fourth-order valence-electron chi connectivity index (χ4n) is 2.51. The molecule has 2 rings (SSSR count). The minimum Gasteiger partial charge on any atom is -0.493 e. The number of amides is 1. The highest BCUT2D eigenvalue weighted by atomic mass is 32.2. The molecule has 122 valence electrons. The van der Waals surface area contributed by atoms with Gasteiger partial charge in [0.15, 0.2) is 21.3 Å². The van der Waals surface area contributed by atoms with Crippen LogP contribution in [0.15, 0.2) is 12.1 Å². The number of benzene rings is 1. The van der Waals surface area contributed by atoms with E-state index in [1.54, 1.807) is 19.1 Å². The van der Waals surface area contributed by atoms with Crippen molar-refractivity contribution >= 4 is 15.7 Å². The van der Waals surface area contributed by atoms with Gasteiger partial charge in [0.2, 0.25) is 5.91 Å². The lowest BCUT2D eigenvalue weighted by Crippen LogP contribution is -2.43. The Balaban J connectivity index is 2.26. The molecule has 0 saturated carbocycles. The molecule has 7 heteroatoms. The van der Waals surface area contributed by atoms with Crippen LogP contribution in [0, 0.1) is 0 Å². The molecule has 6 nitrogen and oxygen atoms in total. The Hall–Kier alpha value is -1.76. The van der Waals surface area contributed by atoms with Gasteiger partial charge in [-0.3, -0.25) is 4.79 Å². The maximum atomic E-state index is 12.3. The van der Waals surface area contributed by atoms with Crippen LogP contribution in [-0.2, 0) is 27.6 Å². The Morgan fingerprint density at radius 1 is 1.18 bits per heavy atom. The molecular formula is C15H21NO5S. The van der Waals surface area contributed by atoms with Crippen molar-refractivity contribution in [2.24, 2.45) is 0 Å². The number of rotatable bonds is 4. The summed E-state index contributed by atoms with van der Waals surface area (Å²) in [7, 11) is -0.251. The Labute approximate surface area is 130 Å². The van der Waals surface area contributed by atoms with Gasteiger partial charge in [-0.15, -0.1) is 0 Å². The first-order valence-electron chi connectivity index (χ1n) is 6.99. The lowest BCUT2D eigenvalue weighted by atomic mass is 9.98. The van der Waals surface area contributed by atoms with Crippen LogP contribution in [-0.4, -0.2) is 51.5 Å². The average molecular weight is 327 g/mol. The molecule has 0 bridgehead atoms. The normalized spacial score (nSPS) is 15.9. The molecule has 1 heterocycles. The highest BCUT2D eigenvalue weighted by Gasteiger charge is 2.30. The summed E-state index contributed by atoms with van der Waals surface area (Å²) < 4.78 is 33.7. The van der Waals surface area contributed by atoms with Crippen LogP contribution in [0.5, 0.6) is 11.5 Å². The Bertz CT molecular complexity index is 683. The fraction of sp³-hybridized carbons (Fsp3) is 0.533. The highest BCUT2D eigenvalue weighted by Crippen LogP contribution is 2.33. The lowest BCUT2D eigenvalue weighted by molar-refractivity contribution is -0.131. The van der Waals surface area contributed by atoms with E-state index in [-0.39, 0.29) is 5.91 Å². The van der Waals surface area contributed by atoms with Crippen LogP contribution < -0.4 is 9.47 Å². The summed E-state index contributed by atoms with van der Waals surface area (Å²) in [6.45, 7) is 2.32. The standard InChI is InChI=1S/C15H21NO5S/c1-10(22(4,18)19)15(17)16-6-5-11-7-13(20-2)14(21-3)8-12(11)9-16/h7-8,10H,5-6,9H2,1-4H3/t10-/m1/s1. The molecule has 0 unspecified atom stereocenters. The van der Waals surface area contributed by atoms with Gasteiger partial charge < -0.3 is 14.4 Å². The molecule has 1 atom stereocenters. The van der Waals surface area contributed by atoms with E-state index in [0.717, 1.165) is 17.4 Å². The Morgan fingerprint density at radius 3 is 2.23 bits per heavy atom. The summed E-state index contributed by atoms with van der Waals surface area (Å²) >= 11 is 0. The zero-order valence-electron chi connectivity index (χ0n) is 13.3. The first kappa shape index (κ1) is 16.6. The predicted octanol–water partition coefficient (Wildman–Crippen LogP) is 1.02. The fourth-order valence-corrected chi connectivity index (χ4v) is 3.03. The van der Waals surface area contributed by atoms with Crippen molar-refractivity contribution in [1.82, 2.24) is 4.90 Å². The monoisotopic (exact) mass is 327 g/mol. The van der Waals surface area contributed by atoms with Crippen LogP contribution in [0.4, 0.5) is 0 Å². The van der Waals surface area contributed by atoms with Gasteiger partial charge in [-0.1, -0.05) is 0 Å². The zero-order chi connectivity index (χ0) is 16.5. The van der Waals surface area contributed by atoms with Crippen molar-refractivity contribution in [2.45, 2.75) is 25.1 Å². The van der Waals surface area contributed by atoms with Crippen LogP contribution >= 0.6 is 0 Å². The molecule has 0 N–H and O–H groups in total. The van der Waals surface area contributed by atoms with Crippen LogP contribution in [0.25, 0.3) is 0 Å². The predicted molar refractivity (Wildman–Crippen MR) is 83.0 cm³/mol. The number of ether oxygens (including phenoxy) is 2. The van der Waals surface area contributed by atoms with Gasteiger partial charge in [-0.05, 0) is 36.6 Å². The van der Waals surface area contributed by atoms with E-state index >= 15 is 0 Å². The third-order valence-electron chi connectivity index (χ3n) is 4.02. The summed E-state index contributed by atoms with van der Waals surface area (Å²) in [4.78, 5) is 13.9. The quantitative estimate of drug-likeness (QED) is 0.825. The topological polar surface area (TPSA) is 72.9 Å². The van der Waals surface area contributed by atoms with E-state index in [4.69, 9.17) is 9.47 Å². The minimum absolute atomic E-state index is 0.358. The molecule has 1 amide bonds. The van der Waals surface area contributed by atoms with E-state index in [9.17, 15) is 13.2 Å². The maximum Gasteiger partial charge on any atom is 0.240 e. The molecule has 1 aliphatic heterocycles. The number of hydrogen-bond acceptors (Lipinski definition) is 5. The minimum atomic E-state index is -3.39. The third-order valence-corrected chi connectivity index (χ3v) is 5.51. The number of fused-ring (bicyclic) bond motifs is 1. The van der Waals surface area contributed by atoms with Crippen molar-refractivity contribution < 1.29 is 22.7 Å². The molecule has 0 fully saturated rings. The largest absolute Gasteiger partial charge is 0.493 e. The maximum absolute atomic E-state index is 12.3. The molecule has 0 aromatic heterocycles. The highest BCUT2D eigenvalue weighted by molar-refractivity contribution is 7.92. The Morgan fingerprint density at radius 2 is 1.73 bits per heavy atom. The second-order valence-electron chi connectivity index (χ2n) is 5.46. The van der Waals surface area contributed by atoms with Crippen LogP contribution in [0.2, 0.25) is 0 Å². The smallest absolute Gasteiger partial charge is 0.240 e.